The highest BCUT2D eigenvalue weighted by Gasteiger charge is 2.45. The molecule has 1 fully saturated rings. The summed E-state index contributed by atoms with van der Waals surface area (Å²) in [7, 11) is -7.28. The summed E-state index contributed by atoms with van der Waals surface area (Å²) in [6, 6.07) is 2.94. The van der Waals surface area contributed by atoms with E-state index in [-0.39, 0.29) is 16.2 Å². The first kappa shape index (κ1) is 19.3. The highest BCUT2D eigenvalue weighted by molar-refractivity contribution is 7.96. The number of hydrogen-bond acceptors (Lipinski definition) is 5. The maximum absolute atomic E-state index is 13.4. The Morgan fingerprint density at radius 3 is 2.54 bits per heavy atom. The van der Waals surface area contributed by atoms with Crippen LogP contribution in [0.5, 0.6) is 0 Å². The van der Waals surface area contributed by atoms with Gasteiger partial charge in [-0.2, -0.15) is 0 Å². The number of rotatable bonds is 6. The van der Waals surface area contributed by atoms with Crippen LogP contribution in [0.25, 0.3) is 0 Å². The average Bonchev–Trinajstić information content (AvgIpc) is 2.77. The van der Waals surface area contributed by atoms with Gasteiger partial charge in [-0.25, -0.2) is 21.2 Å². The Kier molecular flexibility index (Phi) is 5.71. The third-order valence-corrected chi connectivity index (χ3v) is 8.43. The van der Waals surface area contributed by atoms with Crippen molar-refractivity contribution in [2.75, 3.05) is 18.1 Å². The first-order chi connectivity index (χ1) is 11.0. The smallest absolute Gasteiger partial charge is 0.183 e. The van der Waals surface area contributed by atoms with Gasteiger partial charge in [0.1, 0.15) is 5.82 Å². The van der Waals surface area contributed by atoms with E-state index in [2.05, 4.69) is 5.32 Å². The summed E-state index contributed by atoms with van der Waals surface area (Å²) < 4.78 is 63.1. The summed E-state index contributed by atoms with van der Waals surface area (Å²) in [5, 5.41) is 2.05. The third kappa shape index (κ3) is 4.34. The molecule has 1 N–H and O–H groups in total. The van der Waals surface area contributed by atoms with Crippen molar-refractivity contribution in [2.45, 2.75) is 43.4 Å². The predicted octanol–water partition coefficient (Wildman–Crippen LogP) is 1.71. The summed E-state index contributed by atoms with van der Waals surface area (Å²) in [4.78, 5) is -0.0286. The van der Waals surface area contributed by atoms with Crippen LogP contribution >= 0.6 is 0 Å². The average molecular weight is 378 g/mol. The maximum Gasteiger partial charge on any atom is 0.183 e. The molecule has 1 aromatic rings. The molecule has 0 saturated carbocycles. The van der Waals surface area contributed by atoms with Crippen molar-refractivity contribution in [3.8, 4) is 0 Å². The van der Waals surface area contributed by atoms with Crippen LogP contribution in [-0.2, 0) is 19.7 Å². The molecule has 8 heteroatoms. The van der Waals surface area contributed by atoms with Crippen LogP contribution in [-0.4, -0.2) is 46.2 Å². The summed E-state index contributed by atoms with van der Waals surface area (Å²) in [5.74, 6) is -0.634. The fourth-order valence-corrected chi connectivity index (χ4v) is 7.64. The highest BCUT2D eigenvalue weighted by Crippen LogP contribution is 2.27. The quantitative estimate of drug-likeness (QED) is 0.764. The van der Waals surface area contributed by atoms with Gasteiger partial charge in [0.25, 0.3) is 0 Å². The zero-order valence-electron chi connectivity index (χ0n) is 14.1. The van der Waals surface area contributed by atoms with Gasteiger partial charge in [0, 0.05) is 6.04 Å². The number of nitrogens with one attached hydrogen (secondary N) is 1. The minimum absolute atomic E-state index is 0.0286. The van der Waals surface area contributed by atoms with Gasteiger partial charge in [-0.1, -0.05) is 13.8 Å². The molecule has 0 aromatic heterocycles. The van der Waals surface area contributed by atoms with Crippen LogP contribution < -0.4 is 5.32 Å². The summed E-state index contributed by atoms with van der Waals surface area (Å²) in [6.45, 7) is 6.13. The van der Waals surface area contributed by atoms with Gasteiger partial charge in [0.2, 0.25) is 0 Å². The van der Waals surface area contributed by atoms with Crippen molar-refractivity contribution < 1.29 is 21.2 Å². The number of sulfone groups is 2. The molecule has 0 aliphatic carbocycles. The Balaban J connectivity index is 2.29. The van der Waals surface area contributed by atoms with Gasteiger partial charge in [-0.3, -0.25) is 0 Å². The zero-order chi connectivity index (χ0) is 18.1. The van der Waals surface area contributed by atoms with E-state index in [4.69, 9.17) is 0 Å². The Morgan fingerprint density at radius 2 is 1.96 bits per heavy atom. The molecule has 2 atom stereocenters. The third-order valence-electron chi connectivity index (χ3n) is 4.29. The molecule has 1 aliphatic rings. The van der Waals surface area contributed by atoms with Crippen molar-refractivity contribution in [2.24, 2.45) is 5.92 Å². The Hall–Kier alpha value is -0.990. The summed E-state index contributed by atoms with van der Waals surface area (Å²) in [6.07, 6.45) is 0.832. The second-order valence-corrected chi connectivity index (χ2v) is 11.1. The van der Waals surface area contributed by atoms with Gasteiger partial charge < -0.3 is 5.32 Å². The fourth-order valence-electron chi connectivity index (χ4n) is 2.84. The van der Waals surface area contributed by atoms with Gasteiger partial charge >= 0.3 is 0 Å². The zero-order valence-corrected chi connectivity index (χ0v) is 15.8. The molecule has 0 amide bonds. The van der Waals surface area contributed by atoms with Crippen molar-refractivity contribution in [3.63, 3.8) is 0 Å². The Labute approximate surface area is 143 Å². The van der Waals surface area contributed by atoms with E-state index in [1.807, 2.05) is 13.8 Å². The van der Waals surface area contributed by atoms with Crippen LogP contribution in [0, 0.1) is 18.7 Å². The van der Waals surface area contributed by atoms with E-state index in [1.165, 1.54) is 19.1 Å². The molecule has 0 radical (unpaired) electrons. The fraction of sp³-hybridized carbons (Fsp3) is 0.625. The Bertz CT molecular complexity index is 803. The van der Waals surface area contributed by atoms with Crippen molar-refractivity contribution >= 4 is 19.7 Å². The molecule has 5 nitrogen and oxygen atoms in total. The van der Waals surface area contributed by atoms with E-state index in [0.717, 1.165) is 12.5 Å². The molecule has 1 aromatic carbocycles. The van der Waals surface area contributed by atoms with Crippen LogP contribution in [0.15, 0.2) is 23.1 Å². The number of hydrogen-bond donors (Lipinski definition) is 1. The monoisotopic (exact) mass is 377 g/mol. The van der Waals surface area contributed by atoms with Crippen LogP contribution in [0.2, 0.25) is 0 Å². The first-order valence-corrected chi connectivity index (χ1v) is 11.3. The second kappa shape index (κ2) is 7.09. The van der Waals surface area contributed by atoms with E-state index < -0.39 is 42.5 Å². The molecule has 1 aliphatic heterocycles. The molecule has 1 saturated heterocycles. The Morgan fingerprint density at radius 1 is 1.29 bits per heavy atom. The lowest BCUT2D eigenvalue weighted by atomic mass is 10.1. The molecule has 24 heavy (non-hydrogen) atoms. The second-order valence-electron chi connectivity index (χ2n) is 6.81. The number of benzene rings is 1. The lowest BCUT2D eigenvalue weighted by molar-refractivity contribution is 0.483. The minimum Gasteiger partial charge on any atom is -0.312 e. The maximum atomic E-state index is 13.4. The van der Waals surface area contributed by atoms with E-state index in [1.54, 1.807) is 0 Å². The number of aryl methyl sites for hydroxylation is 1. The summed E-state index contributed by atoms with van der Waals surface area (Å²) in [5.41, 5.74) is 0.223. The topological polar surface area (TPSA) is 80.3 Å². The molecular weight excluding hydrogens is 353 g/mol. The molecule has 2 unspecified atom stereocenters. The lowest BCUT2D eigenvalue weighted by Gasteiger charge is -2.20. The van der Waals surface area contributed by atoms with Crippen LogP contribution in [0.1, 0.15) is 25.8 Å². The molecule has 136 valence electrons. The van der Waals surface area contributed by atoms with E-state index in [0.29, 0.717) is 12.5 Å². The highest BCUT2D eigenvalue weighted by atomic mass is 32.2. The molecule has 0 spiro atoms. The van der Waals surface area contributed by atoms with Gasteiger partial charge in [0.15, 0.2) is 19.7 Å². The predicted molar refractivity (Wildman–Crippen MR) is 92.0 cm³/mol. The van der Waals surface area contributed by atoms with Gasteiger partial charge in [-0.15, -0.1) is 0 Å². The largest absolute Gasteiger partial charge is 0.312 e. The minimum atomic E-state index is -3.86. The summed E-state index contributed by atoms with van der Waals surface area (Å²) >= 11 is 0. The molecule has 1 heterocycles. The van der Waals surface area contributed by atoms with Crippen molar-refractivity contribution in [1.29, 1.82) is 0 Å². The molecular formula is C16H24FNO4S2. The molecule has 2 rings (SSSR count). The lowest BCUT2D eigenvalue weighted by Crippen LogP contribution is -2.43. The van der Waals surface area contributed by atoms with Gasteiger partial charge in [-0.05, 0) is 49.6 Å². The van der Waals surface area contributed by atoms with Crippen molar-refractivity contribution in [3.05, 3.63) is 29.6 Å². The van der Waals surface area contributed by atoms with Crippen molar-refractivity contribution in [1.82, 2.24) is 5.32 Å². The van der Waals surface area contributed by atoms with Crippen LogP contribution in [0.4, 0.5) is 4.39 Å². The first-order valence-electron chi connectivity index (χ1n) is 7.97. The van der Waals surface area contributed by atoms with E-state index in [9.17, 15) is 21.2 Å². The molecule has 0 bridgehead atoms. The van der Waals surface area contributed by atoms with Gasteiger partial charge in [0.05, 0.1) is 21.7 Å². The van der Waals surface area contributed by atoms with Crippen LogP contribution in [0.3, 0.4) is 0 Å². The SMILES string of the molecule is Cc1cc(S(=O)(=O)C2CS(=O)(=O)CC2NCCC(C)C)ccc1F. The standard InChI is InChI=1S/C16H24FNO4S2/c1-11(2)6-7-18-15-9-23(19,20)10-16(15)24(21,22)13-4-5-14(17)12(3)8-13/h4-5,8,11,15-16,18H,6-7,9-10H2,1-3H3. The normalized spacial score (nSPS) is 23.7. The van der Waals surface area contributed by atoms with E-state index >= 15 is 0 Å². The number of halogens is 1.